The summed E-state index contributed by atoms with van der Waals surface area (Å²) in [5.41, 5.74) is 2.78. The van der Waals surface area contributed by atoms with Crippen molar-refractivity contribution in [2.24, 2.45) is 0 Å². The van der Waals surface area contributed by atoms with Gasteiger partial charge in [0.1, 0.15) is 6.61 Å². The van der Waals surface area contributed by atoms with Gasteiger partial charge in [-0.3, -0.25) is 9.52 Å². The molecular weight excluding hydrogens is 416 g/mol. The van der Waals surface area contributed by atoms with Crippen LogP contribution in [0.15, 0.2) is 71.6 Å². The number of hydrogen-bond donors (Lipinski definition) is 2. The lowest BCUT2D eigenvalue weighted by Gasteiger charge is -2.25. The number of rotatable bonds is 5. The highest BCUT2D eigenvalue weighted by atomic mass is 32.2. The summed E-state index contributed by atoms with van der Waals surface area (Å²) in [6, 6.07) is 18.7. The number of fused-ring (bicyclic) bond motifs is 1. The maximum absolute atomic E-state index is 12.7. The second-order valence-electron chi connectivity index (χ2n) is 7.30. The van der Waals surface area contributed by atoms with Gasteiger partial charge in [-0.15, -0.1) is 0 Å². The molecule has 160 valence electrons. The first-order chi connectivity index (χ1) is 14.8. The van der Waals surface area contributed by atoms with Crippen LogP contribution in [0.3, 0.4) is 0 Å². The zero-order chi connectivity index (χ0) is 22.0. The van der Waals surface area contributed by atoms with Crippen LogP contribution >= 0.6 is 0 Å². The average molecular weight is 439 g/mol. The monoisotopic (exact) mass is 438 g/mol. The molecular formula is C23H22N2O5S. The van der Waals surface area contributed by atoms with Crippen molar-refractivity contribution in [2.45, 2.75) is 24.8 Å². The molecule has 0 aromatic heterocycles. The minimum Gasteiger partial charge on any atom is -0.485 e. The molecule has 0 saturated heterocycles. The van der Waals surface area contributed by atoms with Gasteiger partial charge in [-0.05, 0) is 67.4 Å². The van der Waals surface area contributed by atoms with E-state index < -0.39 is 16.1 Å². The smallest absolute Gasteiger partial charge is 0.269 e. The summed E-state index contributed by atoms with van der Waals surface area (Å²) in [7, 11) is -3.76. The van der Waals surface area contributed by atoms with Gasteiger partial charge in [0.25, 0.3) is 15.9 Å². The van der Waals surface area contributed by atoms with Crippen LogP contribution < -0.4 is 19.5 Å². The summed E-state index contributed by atoms with van der Waals surface area (Å²) in [5.74, 6) is 0.726. The second-order valence-corrected chi connectivity index (χ2v) is 8.98. The van der Waals surface area contributed by atoms with E-state index >= 15 is 0 Å². The summed E-state index contributed by atoms with van der Waals surface area (Å²) in [4.78, 5) is 12.6. The van der Waals surface area contributed by atoms with Crippen LogP contribution in [0.5, 0.6) is 11.5 Å². The molecule has 4 rings (SSSR count). The molecule has 3 aromatic rings. The normalized spacial score (nSPS) is 15.2. The van der Waals surface area contributed by atoms with Crippen molar-refractivity contribution in [1.29, 1.82) is 0 Å². The van der Waals surface area contributed by atoms with E-state index in [1.165, 1.54) is 24.3 Å². The number of hydrogen-bond acceptors (Lipinski definition) is 5. The molecule has 0 aliphatic carbocycles. The van der Waals surface area contributed by atoms with Gasteiger partial charge < -0.3 is 14.8 Å². The van der Waals surface area contributed by atoms with E-state index in [-0.39, 0.29) is 17.4 Å². The van der Waals surface area contributed by atoms with Crippen molar-refractivity contribution in [3.8, 4) is 11.5 Å². The fourth-order valence-corrected chi connectivity index (χ4v) is 4.26. The van der Waals surface area contributed by atoms with Crippen molar-refractivity contribution in [2.75, 3.05) is 16.6 Å². The lowest BCUT2D eigenvalue weighted by Crippen LogP contribution is -2.40. The van der Waals surface area contributed by atoms with Crippen molar-refractivity contribution in [1.82, 2.24) is 0 Å². The molecule has 1 atom stereocenters. The summed E-state index contributed by atoms with van der Waals surface area (Å²) >= 11 is 0. The molecule has 8 heteroatoms. The van der Waals surface area contributed by atoms with Crippen LogP contribution in [0, 0.1) is 13.8 Å². The predicted molar refractivity (Wildman–Crippen MR) is 118 cm³/mol. The number of aryl methyl sites for hydroxylation is 2. The predicted octanol–water partition coefficient (Wildman–Crippen LogP) is 3.88. The molecule has 1 amide bonds. The highest BCUT2D eigenvalue weighted by molar-refractivity contribution is 7.92. The molecule has 31 heavy (non-hydrogen) atoms. The Hall–Kier alpha value is -3.52. The van der Waals surface area contributed by atoms with E-state index in [0.29, 0.717) is 22.9 Å². The van der Waals surface area contributed by atoms with Crippen molar-refractivity contribution >= 4 is 27.3 Å². The zero-order valence-corrected chi connectivity index (χ0v) is 17.9. The molecule has 1 heterocycles. The van der Waals surface area contributed by atoms with E-state index in [1.54, 1.807) is 24.3 Å². The number of amides is 1. The number of carbonyl (C=O) groups excluding carboxylic acids is 1. The van der Waals surface area contributed by atoms with Crippen LogP contribution in [-0.2, 0) is 14.8 Å². The average Bonchev–Trinajstić information content (AvgIpc) is 2.76. The van der Waals surface area contributed by atoms with E-state index in [0.717, 1.165) is 11.1 Å². The Kier molecular flexibility index (Phi) is 5.56. The first-order valence-corrected chi connectivity index (χ1v) is 11.2. The quantitative estimate of drug-likeness (QED) is 0.631. The third-order valence-corrected chi connectivity index (χ3v) is 6.25. The molecule has 7 nitrogen and oxygen atoms in total. The number of para-hydroxylation sites is 2. The number of ether oxygens (including phenoxy) is 2. The Morgan fingerprint density at radius 3 is 2.42 bits per heavy atom. The molecule has 2 N–H and O–H groups in total. The SMILES string of the molecule is Cc1ccc(C)c(NS(=O)(=O)c2ccc(NC(=O)[C@H]3COc4ccccc4O3)cc2)c1. The maximum atomic E-state index is 12.7. The Morgan fingerprint density at radius 1 is 0.968 bits per heavy atom. The number of benzene rings is 3. The largest absolute Gasteiger partial charge is 0.485 e. The van der Waals surface area contributed by atoms with E-state index in [2.05, 4.69) is 10.0 Å². The molecule has 1 aliphatic heterocycles. The van der Waals surface area contributed by atoms with Gasteiger partial charge in [-0.1, -0.05) is 24.3 Å². The Morgan fingerprint density at radius 2 is 1.68 bits per heavy atom. The maximum Gasteiger partial charge on any atom is 0.269 e. The fourth-order valence-electron chi connectivity index (χ4n) is 3.14. The molecule has 0 radical (unpaired) electrons. The Bertz CT molecular complexity index is 1220. The van der Waals surface area contributed by atoms with Gasteiger partial charge >= 0.3 is 0 Å². The van der Waals surface area contributed by atoms with Crippen LogP contribution in [0.1, 0.15) is 11.1 Å². The van der Waals surface area contributed by atoms with Gasteiger partial charge in [0.15, 0.2) is 11.5 Å². The topological polar surface area (TPSA) is 93.7 Å². The number of nitrogens with one attached hydrogen (secondary N) is 2. The van der Waals surface area contributed by atoms with Gasteiger partial charge in [-0.25, -0.2) is 8.42 Å². The van der Waals surface area contributed by atoms with E-state index in [1.807, 2.05) is 32.0 Å². The minimum absolute atomic E-state index is 0.0923. The van der Waals surface area contributed by atoms with E-state index in [9.17, 15) is 13.2 Å². The van der Waals surface area contributed by atoms with Crippen molar-refractivity contribution in [3.63, 3.8) is 0 Å². The third-order valence-electron chi connectivity index (χ3n) is 4.87. The minimum atomic E-state index is -3.76. The first kappa shape index (κ1) is 20.7. The lowest BCUT2D eigenvalue weighted by molar-refractivity contribution is -0.125. The summed E-state index contributed by atoms with van der Waals surface area (Å²) in [5, 5.41) is 2.73. The van der Waals surface area contributed by atoms with Crippen LogP contribution in [0.25, 0.3) is 0 Å². The second kappa shape index (κ2) is 8.31. The van der Waals surface area contributed by atoms with Crippen molar-refractivity contribution < 1.29 is 22.7 Å². The summed E-state index contributed by atoms with van der Waals surface area (Å²) < 4.78 is 39.3. The lowest BCUT2D eigenvalue weighted by atomic mass is 10.1. The van der Waals surface area contributed by atoms with Crippen LogP contribution in [0.4, 0.5) is 11.4 Å². The number of sulfonamides is 1. The Balaban J connectivity index is 1.43. The van der Waals surface area contributed by atoms with Gasteiger partial charge in [-0.2, -0.15) is 0 Å². The van der Waals surface area contributed by atoms with E-state index in [4.69, 9.17) is 9.47 Å². The van der Waals surface area contributed by atoms with Crippen molar-refractivity contribution in [3.05, 3.63) is 77.9 Å². The zero-order valence-electron chi connectivity index (χ0n) is 17.1. The Labute approximate surface area is 181 Å². The fraction of sp³-hybridized carbons (Fsp3) is 0.174. The third kappa shape index (κ3) is 4.64. The number of anilines is 2. The highest BCUT2D eigenvalue weighted by Gasteiger charge is 2.27. The molecule has 0 unspecified atom stereocenters. The molecule has 3 aromatic carbocycles. The molecule has 1 aliphatic rings. The highest BCUT2D eigenvalue weighted by Crippen LogP contribution is 2.31. The molecule has 0 bridgehead atoms. The summed E-state index contributed by atoms with van der Waals surface area (Å²) in [6.07, 6.45) is -0.802. The number of carbonyl (C=O) groups is 1. The van der Waals surface area contributed by atoms with Gasteiger partial charge in [0, 0.05) is 5.69 Å². The standard InChI is InChI=1S/C23H22N2O5S/c1-15-7-8-16(2)19(13-15)25-31(27,28)18-11-9-17(10-12-18)24-23(26)22-14-29-20-5-3-4-6-21(20)30-22/h3-13,22,25H,14H2,1-2H3,(H,24,26)/t22-/m1/s1. The molecule has 0 spiro atoms. The molecule has 0 saturated carbocycles. The first-order valence-electron chi connectivity index (χ1n) is 9.71. The van der Waals surface area contributed by atoms with Gasteiger partial charge in [0.2, 0.25) is 6.10 Å². The summed E-state index contributed by atoms with van der Waals surface area (Å²) in [6.45, 7) is 3.83. The van der Waals surface area contributed by atoms with Crippen LogP contribution in [0.2, 0.25) is 0 Å². The van der Waals surface area contributed by atoms with Crippen LogP contribution in [-0.4, -0.2) is 27.0 Å². The molecule has 0 fully saturated rings. The van der Waals surface area contributed by atoms with Gasteiger partial charge in [0.05, 0.1) is 10.6 Å².